The Morgan fingerprint density at radius 1 is 1.00 bits per heavy atom. The van der Waals surface area contributed by atoms with Crippen molar-refractivity contribution >= 4 is 16.7 Å². The van der Waals surface area contributed by atoms with Crippen LogP contribution in [-0.4, -0.2) is 20.9 Å². The minimum absolute atomic E-state index is 0.0623. The molecule has 4 aromatic rings. The summed E-state index contributed by atoms with van der Waals surface area (Å²) in [7, 11) is 0. The van der Waals surface area contributed by atoms with Crippen molar-refractivity contribution in [1.29, 1.82) is 0 Å². The average molecular weight is 314 g/mol. The van der Waals surface area contributed by atoms with E-state index in [9.17, 15) is 9.90 Å². The number of carbonyl (C=O) groups excluding carboxylic acids is 1. The lowest BCUT2D eigenvalue weighted by atomic mass is 9.96. The molecule has 0 saturated heterocycles. The van der Waals surface area contributed by atoms with Gasteiger partial charge in [0.2, 0.25) is 0 Å². The molecule has 4 nitrogen and oxygen atoms in total. The first-order valence-corrected chi connectivity index (χ1v) is 7.57. The van der Waals surface area contributed by atoms with Crippen LogP contribution in [0.3, 0.4) is 0 Å². The van der Waals surface area contributed by atoms with E-state index in [1.807, 2.05) is 30.5 Å². The highest BCUT2D eigenvalue weighted by atomic mass is 16.3. The number of aromatic nitrogens is 2. The molecule has 24 heavy (non-hydrogen) atoms. The molecule has 0 aliphatic rings. The number of aromatic amines is 1. The van der Waals surface area contributed by atoms with Crippen molar-refractivity contribution in [3.8, 4) is 16.9 Å². The first-order chi connectivity index (χ1) is 11.7. The molecule has 0 saturated carbocycles. The second-order valence-corrected chi connectivity index (χ2v) is 5.58. The zero-order chi connectivity index (χ0) is 16.5. The largest absolute Gasteiger partial charge is 0.508 e. The summed E-state index contributed by atoms with van der Waals surface area (Å²) >= 11 is 0. The van der Waals surface area contributed by atoms with Crippen LogP contribution in [0, 0.1) is 0 Å². The van der Waals surface area contributed by atoms with E-state index in [2.05, 4.69) is 9.97 Å². The predicted molar refractivity (Wildman–Crippen MR) is 93.1 cm³/mol. The molecule has 0 radical (unpaired) electrons. The van der Waals surface area contributed by atoms with E-state index in [4.69, 9.17) is 0 Å². The number of phenolic OH excluding ortho intramolecular Hbond substituents is 1. The third-order valence-corrected chi connectivity index (χ3v) is 4.01. The topological polar surface area (TPSA) is 66.0 Å². The number of benzene rings is 2. The van der Waals surface area contributed by atoms with Crippen molar-refractivity contribution in [3.63, 3.8) is 0 Å². The number of nitrogens with zero attached hydrogens (tertiary/aromatic N) is 1. The molecule has 0 fully saturated rings. The lowest BCUT2D eigenvalue weighted by Crippen LogP contribution is -2.01. The number of ketones is 1. The van der Waals surface area contributed by atoms with Crippen LogP contribution in [0.15, 0.2) is 73.2 Å². The second-order valence-electron chi connectivity index (χ2n) is 5.58. The number of nitrogens with one attached hydrogen (secondary N) is 1. The molecular weight excluding hydrogens is 300 g/mol. The molecule has 2 heterocycles. The van der Waals surface area contributed by atoms with Gasteiger partial charge in [0.25, 0.3) is 0 Å². The Hall–Kier alpha value is -3.40. The highest BCUT2D eigenvalue weighted by molar-refractivity contribution is 6.10. The van der Waals surface area contributed by atoms with Gasteiger partial charge in [-0.2, -0.15) is 0 Å². The maximum absolute atomic E-state index is 12.6. The molecule has 2 aromatic carbocycles. The van der Waals surface area contributed by atoms with Gasteiger partial charge < -0.3 is 10.1 Å². The Bertz CT molecular complexity index is 1040. The molecule has 0 aliphatic carbocycles. The third kappa shape index (κ3) is 2.44. The van der Waals surface area contributed by atoms with Crippen molar-refractivity contribution in [2.24, 2.45) is 0 Å². The highest BCUT2D eigenvalue weighted by Crippen LogP contribution is 2.31. The highest BCUT2D eigenvalue weighted by Gasteiger charge is 2.13. The number of fused-ring (bicyclic) bond motifs is 1. The van der Waals surface area contributed by atoms with Crippen molar-refractivity contribution < 1.29 is 9.90 Å². The fourth-order valence-electron chi connectivity index (χ4n) is 2.90. The van der Waals surface area contributed by atoms with Gasteiger partial charge in [-0.25, -0.2) is 0 Å². The molecular formula is C20H14N2O2. The summed E-state index contributed by atoms with van der Waals surface area (Å²) in [5.74, 6) is -0.103. The predicted octanol–water partition coefficient (Wildman–Crippen LogP) is 4.17. The van der Waals surface area contributed by atoms with Gasteiger partial charge in [-0.1, -0.05) is 12.1 Å². The van der Waals surface area contributed by atoms with E-state index >= 15 is 0 Å². The zero-order valence-electron chi connectivity index (χ0n) is 12.7. The molecule has 116 valence electrons. The molecule has 0 atom stereocenters. The summed E-state index contributed by atoms with van der Waals surface area (Å²) in [4.78, 5) is 19.8. The molecule has 2 aromatic heterocycles. The standard InChI is InChI=1S/C20H14N2O2/c23-16-10-14(17-4-1-5-19-18(17)6-8-22-19)9-15(11-16)20(24)13-3-2-7-21-12-13/h1-12,22-23H. The molecule has 0 aliphatic heterocycles. The van der Waals surface area contributed by atoms with Crippen LogP contribution in [-0.2, 0) is 0 Å². The Morgan fingerprint density at radius 2 is 1.92 bits per heavy atom. The van der Waals surface area contributed by atoms with Crippen LogP contribution in [0.2, 0.25) is 0 Å². The molecule has 0 amide bonds. The van der Waals surface area contributed by atoms with Gasteiger partial charge in [0.1, 0.15) is 5.75 Å². The Labute approximate surface area is 138 Å². The number of H-pyrrole nitrogens is 1. The number of hydrogen-bond donors (Lipinski definition) is 2. The quantitative estimate of drug-likeness (QED) is 0.558. The van der Waals surface area contributed by atoms with Crippen LogP contribution in [0.4, 0.5) is 0 Å². The molecule has 0 spiro atoms. The van der Waals surface area contributed by atoms with Crippen molar-refractivity contribution in [2.45, 2.75) is 0 Å². The molecule has 4 rings (SSSR count). The Kier molecular flexibility index (Phi) is 3.35. The third-order valence-electron chi connectivity index (χ3n) is 4.01. The minimum Gasteiger partial charge on any atom is -0.508 e. The lowest BCUT2D eigenvalue weighted by molar-refractivity contribution is 0.103. The summed E-state index contributed by atoms with van der Waals surface area (Å²) < 4.78 is 0. The number of phenols is 1. The summed E-state index contributed by atoms with van der Waals surface area (Å²) in [5.41, 5.74) is 3.70. The smallest absolute Gasteiger partial charge is 0.194 e. The van der Waals surface area contributed by atoms with E-state index in [0.29, 0.717) is 11.1 Å². The van der Waals surface area contributed by atoms with Gasteiger partial charge in [0.15, 0.2) is 5.78 Å². The van der Waals surface area contributed by atoms with Gasteiger partial charge in [-0.3, -0.25) is 9.78 Å². The van der Waals surface area contributed by atoms with E-state index < -0.39 is 0 Å². The number of hydrogen-bond acceptors (Lipinski definition) is 3. The maximum Gasteiger partial charge on any atom is 0.194 e. The normalized spacial score (nSPS) is 10.8. The zero-order valence-corrected chi connectivity index (χ0v) is 12.7. The number of rotatable bonds is 3. The van der Waals surface area contributed by atoms with Crippen molar-refractivity contribution in [1.82, 2.24) is 9.97 Å². The lowest BCUT2D eigenvalue weighted by Gasteiger charge is -2.08. The molecule has 4 heteroatoms. The first-order valence-electron chi connectivity index (χ1n) is 7.57. The summed E-state index contributed by atoms with van der Waals surface area (Å²) in [6.45, 7) is 0. The van der Waals surface area contributed by atoms with Gasteiger partial charge >= 0.3 is 0 Å². The fraction of sp³-hybridized carbons (Fsp3) is 0. The van der Waals surface area contributed by atoms with Crippen LogP contribution in [0.25, 0.3) is 22.0 Å². The Balaban J connectivity index is 1.85. The van der Waals surface area contributed by atoms with E-state index in [0.717, 1.165) is 22.0 Å². The summed E-state index contributed by atoms with van der Waals surface area (Å²) in [6.07, 6.45) is 5.02. The fourth-order valence-corrected chi connectivity index (χ4v) is 2.90. The SMILES string of the molecule is O=C(c1cccnc1)c1cc(O)cc(-c2cccc3[nH]ccc23)c1. The minimum atomic E-state index is -0.165. The molecule has 0 unspecified atom stereocenters. The van der Waals surface area contributed by atoms with E-state index in [1.165, 1.54) is 12.3 Å². The molecule has 2 N–H and O–H groups in total. The van der Waals surface area contributed by atoms with Gasteiger partial charge in [0, 0.05) is 40.6 Å². The Morgan fingerprint density at radius 3 is 2.75 bits per heavy atom. The van der Waals surface area contributed by atoms with Crippen molar-refractivity contribution in [3.05, 3.63) is 84.3 Å². The van der Waals surface area contributed by atoms with Crippen LogP contribution >= 0.6 is 0 Å². The van der Waals surface area contributed by atoms with Crippen LogP contribution < -0.4 is 0 Å². The monoisotopic (exact) mass is 314 g/mol. The summed E-state index contributed by atoms with van der Waals surface area (Å²) in [6, 6.07) is 16.3. The van der Waals surface area contributed by atoms with E-state index in [1.54, 1.807) is 30.5 Å². The van der Waals surface area contributed by atoms with Crippen LogP contribution in [0.1, 0.15) is 15.9 Å². The molecule has 0 bridgehead atoms. The number of carbonyl (C=O) groups is 1. The number of pyridine rings is 1. The van der Waals surface area contributed by atoms with E-state index in [-0.39, 0.29) is 11.5 Å². The first kappa shape index (κ1) is 14.2. The maximum atomic E-state index is 12.6. The number of aromatic hydroxyl groups is 1. The van der Waals surface area contributed by atoms with Crippen LogP contribution in [0.5, 0.6) is 5.75 Å². The van der Waals surface area contributed by atoms with Crippen molar-refractivity contribution in [2.75, 3.05) is 0 Å². The summed E-state index contributed by atoms with van der Waals surface area (Å²) in [5, 5.41) is 11.1. The van der Waals surface area contributed by atoms with Gasteiger partial charge in [-0.05, 0) is 53.6 Å². The average Bonchev–Trinajstić information content (AvgIpc) is 3.10. The van der Waals surface area contributed by atoms with Gasteiger partial charge in [0.05, 0.1) is 0 Å². The van der Waals surface area contributed by atoms with Gasteiger partial charge in [-0.15, -0.1) is 0 Å². The second kappa shape index (κ2) is 5.66.